The first-order valence-corrected chi connectivity index (χ1v) is 9.38. The van der Waals surface area contributed by atoms with Gasteiger partial charge in [-0.1, -0.05) is 18.2 Å². The highest BCUT2D eigenvalue weighted by Crippen LogP contribution is 2.32. The Bertz CT molecular complexity index is 1040. The van der Waals surface area contributed by atoms with Gasteiger partial charge in [-0.2, -0.15) is 0 Å². The fourth-order valence-electron chi connectivity index (χ4n) is 2.70. The molecular weight excluding hydrogens is 360 g/mol. The molecule has 0 spiro atoms. The van der Waals surface area contributed by atoms with Gasteiger partial charge in [0, 0.05) is 17.0 Å². The van der Waals surface area contributed by atoms with Crippen molar-refractivity contribution in [1.29, 1.82) is 0 Å². The molecule has 1 aliphatic rings. The van der Waals surface area contributed by atoms with Crippen LogP contribution in [-0.2, 0) is 4.79 Å². The van der Waals surface area contributed by atoms with Crippen LogP contribution in [0.25, 0.3) is 17.3 Å². The standard InChI is InChI=1S/C21H18N2O3S/c1-13-3-6-16(9-14(13)2)17-11-27-21(22-17)23-20(24)8-5-15-4-7-18-19(10-15)26-12-25-18/h3-11H,12H2,1-2H3,(H,22,23,24)/b8-5+. The van der Waals surface area contributed by atoms with Crippen LogP contribution in [-0.4, -0.2) is 17.7 Å². The maximum atomic E-state index is 12.2. The molecule has 0 unspecified atom stereocenters. The molecule has 0 radical (unpaired) electrons. The van der Waals surface area contributed by atoms with Crippen molar-refractivity contribution in [3.63, 3.8) is 0 Å². The largest absolute Gasteiger partial charge is 0.454 e. The Hall–Kier alpha value is -3.12. The summed E-state index contributed by atoms with van der Waals surface area (Å²) in [7, 11) is 0. The molecule has 0 saturated heterocycles. The molecule has 2 heterocycles. The first kappa shape index (κ1) is 17.3. The summed E-state index contributed by atoms with van der Waals surface area (Å²) in [6.07, 6.45) is 3.21. The number of carbonyl (C=O) groups is 1. The van der Waals surface area contributed by atoms with E-state index in [2.05, 4.69) is 36.3 Å². The van der Waals surface area contributed by atoms with E-state index in [1.54, 1.807) is 6.08 Å². The Kier molecular flexibility index (Phi) is 4.64. The van der Waals surface area contributed by atoms with E-state index in [0.29, 0.717) is 10.9 Å². The molecule has 0 aliphatic carbocycles. The van der Waals surface area contributed by atoms with Crippen LogP contribution < -0.4 is 14.8 Å². The number of anilines is 1. The van der Waals surface area contributed by atoms with Crippen LogP contribution in [0.3, 0.4) is 0 Å². The van der Waals surface area contributed by atoms with E-state index >= 15 is 0 Å². The second-order valence-electron chi connectivity index (χ2n) is 6.27. The highest BCUT2D eigenvalue weighted by molar-refractivity contribution is 7.14. The molecule has 0 saturated carbocycles. The van der Waals surface area contributed by atoms with Gasteiger partial charge in [-0.3, -0.25) is 10.1 Å². The zero-order valence-electron chi connectivity index (χ0n) is 15.0. The molecule has 6 heteroatoms. The van der Waals surface area contributed by atoms with E-state index in [1.807, 2.05) is 29.6 Å². The number of fused-ring (bicyclic) bond motifs is 1. The Labute approximate surface area is 161 Å². The monoisotopic (exact) mass is 378 g/mol. The minimum Gasteiger partial charge on any atom is -0.454 e. The van der Waals surface area contributed by atoms with Crippen molar-refractivity contribution < 1.29 is 14.3 Å². The lowest BCUT2D eigenvalue weighted by Gasteiger charge is -2.02. The molecule has 4 rings (SSSR count). The lowest BCUT2D eigenvalue weighted by atomic mass is 10.1. The summed E-state index contributed by atoms with van der Waals surface area (Å²) in [6.45, 7) is 4.39. The molecule has 3 aromatic rings. The van der Waals surface area contributed by atoms with E-state index < -0.39 is 0 Å². The lowest BCUT2D eigenvalue weighted by Crippen LogP contribution is -2.07. The Balaban J connectivity index is 1.42. The van der Waals surface area contributed by atoms with E-state index in [1.165, 1.54) is 28.5 Å². The van der Waals surface area contributed by atoms with Gasteiger partial charge in [-0.25, -0.2) is 4.98 Å². The highest BCUT2D eigenvalue weighted by atomic mass is 32.1. The van der Waals surface area contributed by atoms with Crippen molar-refractivity contribution in [3.8, 4) is 22.8 Å². The van der Waals surface area contributed by atoms with Crippen molar-refractivity contribution in [2.75, 3.05) is 12.1 Å². The third kappa shape index (κ3) is 3.85. The number of nitrogens with one attached hydrogen (secondary N) is 1. The number of carbonyl (C=O) groups excluding carboxylic acids is 1. The SMILES string of the molecule is Cc1ccc(-c2csc(NC(=O)/C=C/c3ccc4c(c3)OCO4)n2)cc1C. The summed E-state index contributed by atoms with van der Waals surface area (Å²) in [6, 6.07) is 11.8. The van der Waals surface area contributed by atoms with Gasteiger partial charge in [-0.05, 0) is 54.8 Å². The molecule has 1 N–H and O–H groups in total. The van der Waals surface area contributed by atoms with Crippen molar-refractivity contribution in [2.24, 2.45) is 0 Å². The van der Waals surface area contributed by atoms with Crippen LogP contribution in [0.5, 0.6) is 11.5 Å². The highest BCUT2D eigenvalue weighted by Gasteiger charge is 2.12. The third-order valence-corrected chi connectivity index (χ3v) is 5.12. The average molecular weight is 378 g/mol. The predicted octanol–water partition coefficient (Wildman–Crippen LogP) is 4.81. The van der Waals surface area contributed by atoms with E-state index in [-0.39, 0.29) is 12.7 Å². The molecule has 136 valence electrons. The summed E-state index contributed by atoms with van der Waals surface area (Å²) in [5.74, 6) is 1.18. The molecule has 0 atom stereocenters. The zero-order valence-corrected chi connectivity index (χ0v) is 15.8. The van der Waals surface area contributed by atoms with Crippen LogP contribution in [0.2, 0.25) is 0 Å². The van der Waals surface area contributed by atoms with Crippen molar-refractivity contribution in [1.82, 2.24) is 4.98 Å². The number of aryl methyl sites for hydroxylation is 2. The lowest BCUT2D eigenvalue weighted by molar-refractivity contribution is -0.111. The first-order valence-electron chi connectivity index (χ1n) is 8.50. The molecule has 1 aliphatic heterocycles. The number of amides is 1. The molecule has 27 heavy (non-hydrogen) atoms. The van der Waals surface area contributed by atoms with Gasteiger partial charge >= 0.3 is 0 Å². The Morgan fingerprint density at radius 3 is 2.81 bits per heavy atom. The smallest absolute Gasteiger partial charge is 0.250 e. The molecule has 2 aromatic carbocycles. The van der Waals surface area contributed by atoms with Gasteiger partial charge in [0.15, 0.2) is 16.6 Å². The summed E-state index contributed by atoms with van der Waals surface area (Å²) >= 11 is 1.41. The summed E-state index contributed by atoms with van der Waals surface area (Å²) in [4.78, 5) is 16.7. The van der Waals surface area contributed by atoms with Crippen LogP contribution in [0.4, 0.5) is 5.13 Å². The summed E-state index contributed by atoms with van der Waals surface area (Å²) in [5.41, 5.74) is 5.24. The number of thiazole rings is 1. The molecule has 1 aromatic heterocycles. The van der Waals surface area contributed by atoms with Crippen LogP contribution in [0.1, 0.15) is 16.7 Å². The van der Waals surface area contributed by atoms with E-state index in [4.69, 9.17) is 9.47 Å². The van der Waals surface area contributed by atoms with Crippen LogP contribution >= 0.6 is 11.3 Å². The van der Waals surface area contributed by atoms with Crippen molar-refractivity contribution >= 4 is 28.5 Å². The number of hydrogen-bond acceptors (Lipinski definition) is 5. The molecule has 5 nitrogen and oxygen atoms in total. The number of nitrogens with zero attached hydrogens (tertiary/aromatic N) is 1. The molecule has 0 fully saturated rings. The van der Waals surface area contributed by atoms with Crippen LogP contribution in [0.15, 0.2) is 47.9 Å². The minimum atomic E-state index is -0.228. The van der Waals surface area contributed by atoms with Crippen LogP contribution in [0, 0.1) is 13.8 Å². The quantitative estimate of drug-likeness (QED) is 0.662. The minimum absolute atomic E-state index is 0.228. The number of aromatic nitrogens is 1. The maximum Gasteiger partial charge on any atom is 0.250 e. The topological polar surface area (TPSA) is 60.5 Å². The number of ether oxygens (including phenoxy) is 2. The molecule has 0 bridgehead atoms. The van der Waals surface area contributed by atoms with Gasteiger partial charge in [0.25, 0.3) is 0 Å². The third-order valence-electron chi connectivity index (χ3n) is 4.36. The molecule has 1 amide bonds. The number of rotatable bonds is 4. The summed E-state index contributed by atoms with van der Waals surface area (Å²) < 4.78 is 10.6. The zero-order chi connectivity index (χ0) is 18.8. The second-order valence-corrected chi connectivity index (χ2v) is 7.13. The average Bonchev–Trinajstić information content (AvgIpc) is 3.31. The normalized spacial score (nSPS) is 12.5. The van der Waals surface area contributed by atoms with Gasteiger partial charge in [0.1, 0.15) is 0 Å². The van der Waals surface area contributed by atoms with Gasteiger partial charge < -0.3 is 9.47 Å². The fraction of sp³-hybridized carbons (Fsp3) is 0.143. The van der Waals surface area contributed by atoms with E-state index in [0.717, 1.165) is 22.6 Å². The van der Waals surface area contributed by atoms with E-state index in [9.17, 15) is 4.79 Å². The Morgan fingerprint density at radius 1 is 1.11 bits per heavy atom. The van der Waals surface area contributed by atoms with Gasteiger partial charge in [0.2, 0.25) is 12.7 Å². The van der Waals surface area contributed by atoms with Crippen molar-refractivity contribution in [3.05, 3.63) is 64.5 Å². The fourth-order valence-corrected chi connectivity index (χ4v) is 3.42. The molecular formula is C21H18N2O3S. The van der Waals surface area contributed by atoms with Gasteiger partial charge in [0.05, 0.1) is 5.69 Å². The number of benzene rings is 2. The summed E-state index contributed by atoms with van der Waals surface area (Å²) in [5, 5.41) is 5.32. The number of hydrogen-bond donors (Lipinski definition) is 1. The Morgan fingerprint density at radius 2 is 1.96 bits per heavy atom. The maximum absolute atomic E-state index is 12.2. The predicted molar refractivity (Wildman–Crippen MR) is 107 cm³/mol. The van der Waals surface area contributed by atoms with Gasteiger partial charge in [-0.15, -0.1) is 11.3 Å². The van der Waals surface area contributed by atoms with Crippen molar-refractivity contribution in [2.45, 2.75) is 13.8 Å². The second kappa shape index (κ2) is 7.25. The first-order chi connectivity index (χ1) is 13.1.